The molecule has 0 aromatic carbocycles. The van der Waals surface area contributed by atoms with Crippen molar-refractivity contribution in [2.45, 2.75) is 0 Å². The van der Waals surface area contributed by atoms with Crippen LogP contribution in [0.5, 0.6) is 0 Å². The fraction of sp³-hybridized carbons (Fsp3) is 0.182. The summed E-state index contributed by atoms with van der Waals surface area (Å²) >= 11 is 3.31. The molecule has 0 atom stereocenters. The monoisotopic (exact) mass is 296 g/mol. The quantitative estimate of drug-likeness (QED) is 0.748. The van der Waals surface area contributed by atoms with Crippen LogP contribution in [0.2, 0.25) is 0 Å². The number of carbonyl (C=O) groups is 1. The minimum atomic E-state index is -0.498. The largest absolute Gasteiger partial charge is 0.465 e. The molecule has 0 aliphatic rings. The fourth-order valence-electron chi connectivity index (χ4n) is 1.56. The molecule has 0 aliphatic carbocycles. The summed E-state index contributed by atoms with van der Waals surface area (Å²) < 4.78 is 6.58. The number of aromatic nitrogens is 2. The van der Waals surface area contributed by atoms with Crippen LogP contribution >= 0.6 is 15.9 Å². The number of pyridine rings is 2. The second-order valence-corrected chi connectivity index (χ2v) is 4.23. The van der Waals surface area contributed by atoms with Crippen molar-refractivity contribution in [1.29, 1.82) is 0 Å². The zero-order valence-corrected chi connectivity index (χ0v) is 10.8. The number of esters is 1. The number of halogens is 1. The van der Waals surface area contributed by atoms with E-state index in [2.05, 4.69) is 25.7 Å². The normalized spacial score (nSPS) is 10.5. The first-order valence-electron chi connectivity index (χ1n) is 4.79. The van der Waals surface area contributed by atoms with Crippen molar-refractivity contribution in [2.75, 3.05) is 7.11 Å². The average molecular weight is 297 g/mol. The third-order valence-electron chi connectivity index (χ3n) is 2.47. The molecule has 0 N–H and O–H groups in total. The van der Waals surface area contributed by atoms with Crippen LogP contribution in [0.15, 0.2) is 27.6 Å². The summed E-state index contributed by atoms with van der Waals surface area (Å²) in [5.41, 5.74) is 1.33. The first-order chi connectivity index (χ1) is 8.06. The summed E-state index contributed by atoms with van der Waals surface area (Å²) in [6.45, 7) is 0. The zero-order chi connectivity index (χ0) is 12.6. The molecule has 0 aliphatic heterocycles. The Labute approximate surface area is 105 Å². The van der Waals surface area contributed by atoms with Crippen molar-refractivity contribution in [1.82, 2.24) is 9.55 Å². The highest BCUT2D eigenvalue weighted by molar-refractivity contribution is 9.10. The fourth-order valence-corrected chi connectivity index (χ4v) is 2.29. The molecule has 0 spiro atoms. The molecule has 88 valence electrons. The summed E-state index contributed by atoms with van der Waals surface area (Å²) in [4.78, 5) is 27.2. The maximum absolute atomic E-state index is 11.5. The lowest BCUT2D eigenvalue weighted by Crippen LogP contribution is -2.17. The van der Waals surface area contributed by atoms with Crippen LogP contribution in [-0.4, -0.2) is 22.6 Å². The Morgan fingerprint density at radius 3 is 2.82 bits per heavy atom. The van der Waals surface area contributed by atoms with Gasteiger partial charge >= 0.3 is 5.97 Å². The van der Waals surface area contributed by atoms with Gasteiger partial charge in [-0.2, -0.15) is 0 Å². The van der Waals surface area contributed by atoms with E-state index in [0.29, 0.717) is 21.1 Å². The Kier molecular flexibility index (Phi) is 2.97. The van der Waals surface area contributed by atoms with E-state index < -0.39 is 5.97 Å². The number of rotatable bonds is 1. The van der Waals surface area contributed by atoms with E-state index >= 15 is 0 Å². The first-order valence-corrected chi connectivity index (χ1v) is 5.58. The van der Waals surface area contributed by atoms with Crippen molar-refractivity contribution in [2.24, 2.45) is 7.05 Å². The van der Waals surface area contributed by atoms with E-state index in [1.807, 2.05) is 0 Å². The van der Waals surface area contributed by atoms with Gasteiger partial charge in [-0.3, -0.25) is 9.78 Å². The summed E-state index contributed by atoms with van der Waals surface area (Å²) in [6.07, 6.45) is 1.42. The lowest BCUT2D eigenvalue weighted by atomic mass is 10.2. The molecule has 2 heterocycles. The van der Waals surface area contributed by atoms with Gasteiger partial charge in [-0.1, -0.05) is 0 Å². The third kappa shape index (κ3) is 1.84. The molecule has 5 nitrogen and oxygen atoms in total. The molecule has 0 radical (unpaired) electrons. The molecular formula is C11H9BrN2O3. The average Bonchev–Trinajstić information content (AvgIpc) is 2.33. The number of ether oxygens (including phenoxy) is 1. The van der Waals surface area contributed by atoms with Gasteiger partial charge in [0, 0.05) is 19.3 Å². The van der Waals surface area contributed by atoms with Gasteiger partial charge in [0.2, 0.25) is 0 Å². The van der Waals surface area contributed by atoms with Crippen LogP contribution < -0.4 is 5.56 Å². The topological polar surface area (TPSA) is 61.2 Å². The van der Waals surface area contributed by atoms with E-state index in [1.54, 1.807) is 13.1 Å². The van der Waals surface area contributed by atoms with Gasteiger partial charge in [0.1, 0.15) is 0 Å². The number of methoxy groups -OCH3 is 1. The number of fused-ring (bicyclic) bond motifs is 1. The number of carbonyl (C=O) groups excluding carboxylic acids is 1. The summed E-state index contributed by atoms with van der Waals surface area (Å²) in [7, 11) is 2.92. The van der Waals surface area contributed by atoms with Crippen LogP contribution in [0.3, 0.4) is 0 Å². The van der Waals surface area contributed by atoms with Gasteiger partial charge in [-0.15, -0.1) is 0 Å². The highest BCUT2D eigenvalue weighted by Gasteiger charge is 2.15. The van der Waals surface area contributed by atoms with Gasteiger partial charge in [0.05, 0.1) is 28.2 Å². The second kappa shape index (κ2) is 4.29. The van der Waals surface area contributed by atoms with Crippen LogP contribution in [0.1, 0.15) is 10.4 Å². The Balaban J connectivity index is 2.87. The predicted octanol–water partition coefficient (Wildman–Crippen LogP) is 1.48. The first kappa shape index (κ1) is 11.8. The summed E-state index contributed by atoms with van der Waals surface area (Å²) in [5, 5.41) is 0. The van der Waals surface area contributed by atoms with E-state index in [4.69, 9.17) is 0 Å². The summed E-state index contributed by atoms with van der Waals surface area (Å²) in [5.74, 6) is -0.498. The lowest BCUT2D eigenvalue weighted by Gasteiger charge is -2.08. The van der Waals surface area contributed by atoms with Gasteiger partial charge in [-0.05, 0) is 22.0 Å². The zero-order valence-electron chi connectivity index (χ0n) is 9.23. The standard InChI is InChI=1S/C11H9BrN2O3/c1-14-8(15)4-3-7-10(14)9(12)6(5-13-7)11(16)17-2/h3-5H,1-2H3. The van der Waals surface area contributed by atoms with Crippen LogP contribution in [0, 0.1) is 0 Å². The van der Waals surface area contributed by atoms with Gasteiger partial charge in [-0.25, -0.2) is 4.79 Å². The predicted molar refractivity (Wildman–Crippen MR) is 66.0 cm³/mol. The van der Waals surface area contributed by atoms with Gasteiger partial charge in [0.25, 0.3) is 5.56 Å². The molecule has 17 heavy (non-hydrogen) atoms. The van der Waals surface area contributed by atoms with Crippen molar-refractivity contribution < 1.29 is 9.53 Å². The van der Waals surface area contributed by atoms with Crippen LogP contribution in [0.4, 0.5) is 0 Å². The molecule has 0 amide bonds. The highest BCUT2D eigenvalue weighted by Crippen LogP contribution is 2.25. The molecule has 2 rings (SSSR count). The van der Waals surface area contributed by atoms with Crippen molar-refractivity contribution in [3.05, 3.63) is 38.7 Å². The maximum Gasteiger partial charge on any atom is 0.340 e. The molecule has 2 aromatic rings. The summed E-state index contributed by atoms with van der Waals surface area (Å²) in [6, 6.07) is 3.04. The molecule has 0 fully saturated rings. The maximum atomic E-state index is 11.5. The Bertz CT molecular complexity index is 664. The highest BCUT2D eigenvalue weighted by atomic mass is 79.9. The Morgan fingerprint density at radius 2 is 2.18 bits per heavy atom. The molecule has 0 saturated heterocycles. The van der Waals surface area contributed by atoms with E-state index in [1.165, 1.54) is 23.9 Å². The second-order valence-electron chi connectivity index (χ2n) is 3.44. The van der Waals surface area contributed by atoms with Crippen LogP contribution in [-0.2, 0) is 11.8 Å². The number of aryl methyl sites for hydroxylation is 1. The van der Waals surface area contributed by atoms with E-state index in [0.717, 1.165) is 0 Å². The van der Waals surface area contributed by atoms with Crippen molar-refractivity contribution in [3.8, 4) is 0 Å². The number of hydrogen-bond donors (Lipinski definition) is 0. The smallest absolute Gasteiger partial charge is 0.340 e. The number of hydrogen-bond acceptors (Lipinski definition) is 4. The van der Waals surface area contributed by atoms with Crippen LogP contribution in [0.25, 0.3) is 11.0 Å². The molecule has 2 aromatic heterocycles. The SMILES string of the molecule is COC(=O)c1cnc2ccc(=O)n(C)c2c1Br. The number of nitrogens with zero attached hydrogens (tertiary/aromatic N) is 2. The van der Waals surface area contributed by atoms with Crippen molar-refractivity contribution >= 4 is 32.9 Å². The molecule has 0 bridgehead atoms. The minimum Gasteiger partial charge on any atom is -0.465 e. The third-order valence-corrected chi connectivity index (χ3v) is 3.28. The molecule has 0 saturated carbocycles. The van der Waals surface area contributed by atoms with E-state index in [-0.39, 0.29) is 5.56 Å². The van der Waals surface area contributed by atoms with Gasteiger partial charge < -0.3 is 9.30 Å². The molecule has 6 heteroatoms. The lowest BCUT2D eigenvalue weighted by molar-refractivity contribution is 0.0599. The van der Waals surface area contributed by atoms with Crippen molar-refractivity contribution in [3.63, 3.8) is 0 Å². The Morgan fingerprint density at radius 1 is 1.47 bits per heavy atom. The molecule has 0 unspecified atom stereocenters. The van der Waals surface area contributed by atoms with Gasteiger partial charge in [0.15, 0.2) is 0 Å². The molecular weight excluding hydrogens is 288 g/mol. The minimum absolute atomic E-state index is 0.165. The Hall–Kier alpha value is -1.69. The van der Waals surface area contributed by atoms with E-state index in [9.17, 15) is 9.59 Å².